The van der Waals surface area contributed by atoms with Crippen LogP contribution in [0.4, 0.5) is 5.82 Å². The van der Waals surface area contributed by atoms with Crippen LogP contribution >= 0.6 is 11.3 Å². The van der Waals surface area contributed by atoms with Crippen LogP contribution < -0.4 is 4.90 Å². The molecule has 0 amide bonds. The van der Waals surface area contributed by atoms with E-state index in [1.807, 2.05) is 47.8 Å². The van der Waals surface area contributed by atoms with Crippen molar-refractivity contribution < 1.29 is 9.15 Å². The van der Waals surface area contributed by atoms with Gasteiger partial charge in [0.1, 0.15) is 0 Å². The summed E-state index contributed by atoms with van der Waals surface area (Å²) < 4.78 is 12.1. The molecule has 0 unspecified atom stereocenters. The number of thiophene rings is 1. The summed E-state index contributed by atoms with van der Waals surface area (Å²) in [6, 6.07) is 13.9. The number of ether oxygens (including phenoxy) is 1. The number of anilines is 1. The Morgan fingerprint density at radius 2 is 1.75 bits per heavy atom. The van der Waals surface area contributed by atoms with Crippen LogP contribution in [0.5, 0.6) is 0 Å². The summed E-state index contributed by atoms with van der Waals surface area (Å²) >= 11 is 1.62. The van der Waals surface area contributed by atoms with Crippen LogP contribution in [0.2, 0.25) is 0 Å². The molecular weight excluding hydrogens is 372 g/mol. The largest absolute Gasteiger partial charge is 0.430 e. The molecule has 1 saturated heterocycles. The molecule has 0 bridgehead atoms. The van der Waals surface area contributed by atoms with Crippen LogP contribution in [-0.4, -0.2) is 40.2 Å². The van der Waals surface area contributed by atoms with Crippen LogP contribution in [0.25, 0.3) is 33.4 Å². The van der Waals surface area contributed by atoms with Gasteiger partial charge in [-0.2, -0.15) is 4.98 Å². The molecule has 1 aliphatic heterocycles. The molecule has 1 fully saturated rings. The third-order valence-corrected chi connectivity index (χ3v) is 5.58. The van der Waals surface area contributed by atoms with Crippen LogP contribution in [0, 0.1) is 0 Å². The molecule has 0 radical (unpaired) electrons. The highest BCUT2D eigenvalue weighted by atomic mass is 32.1. The fourth-order valence-electron chi connectivity index (χ4n) is 3.60. The molecule has 3 aromatic heterocycles. The van der Waals surface area contributed by atoms with Crippen molar-refractivity contribution in [3.8, 4) is 22.2 Å². The number of hydrogen-bond acceptors (Lipinski definition) is 7. The van der Waals surface area contributed by atoms with Crippen LogP contribution in [0.15, 0.2) is 52.3 Å². The van der Waals surface area contributed by atoms with Gasteiger partial charge in [-0.1, -0.05) is 24.3 Å². The molecule has 0 saturated carbocycles. The van der Waals surface area contributed by atoms with Gasteiger partial charge in [0.15, 0.2) is 11.6 Å². The molecule has 0 N–H and O–H groups in total. The predicted molar refractivity (Wildman–Crippen MR) is 111 cm³/mol. The second-order valence-electron chi connectivity index (χ2n) is 7.05. The van der Waals surface area contributed by atoms with E-state index in [4.69, 9.17) is 19.1 Å². The van der Waals surface area contributed by atoms with E-state index >= 15 is 0 Å². The maximum atomic E-state index is 6.17. The molecule has 7 heteroatoms. The van der Waals surface area contributed by atoms with E-state index in [9.17, 15) is 0 Å². The maximum Gasteiger partial charge on any atom is 0.229 e. The Balaban J connectivity index is 1.68. The zero-order valence-electron chi connectivity index (χ0n) is 15.7. The molecule has 5 rings (SSSR count). The molecule has 28 heavy (non-hydrogen) atoms. The number of oxazole rings is 1. The Hall–Kier alpha value is -2.77. The summed E-state index contributed by atoms with van der Waals surface area (Å²) in [5, 5.41) is 2.03. The van der Waals surface area contributed by atoms with Gasteiger partial charge >= 0.3 is 0 Å². The Morgan fingerprint density at radius 1 is 0.964 bits per heavy atom. The topological polar surface area (TPSA) is 64.3 Å². The van der Waals surface area contributed by atoms with Gasteiger partial charge in [0.05, 0.1) is 17.1 Å². The van der Waals surface area contributed by atoms with Crippen molar-refractivity contribution in [2.45, 2.75) is 26.1 Å². The lowest BCUT2D eigenvalue weighted by atomic mass is 10.2. The van der Waals surface area contributed by atoms with Crippen molar-refractivity contribution in [2.75, 3.05) is 18.0 Å². The van der Waals surface area contributed by atoms with Crippen molar-refractivity contribution >= 4 is 28.4 Å². The van der Waals surface area contributed by atoms with E-state index in [-0.39, 0.29) is 12.2 Å². The van der Waals surface area contributed by atoms with Crippen molar-refractivity contribution in [1.29, 1.82) is 0 Å². The van der Waals surface area contributed by atoms with E-state index in [0.29, 0.717) is 22.9 Å². The van der Waals surface area contributed by atoms with Gasteiger partial charge in [-0.05, 0) is 37.4 Å². The van der Waals surface area contributed by atoms with Gasteiger partial charge < -0.3 is 14.1 Å². The van der Waals surface area contributed by atoms with Gasteiger partial charge in [0, 0.05) is 18.7 Å². The summed E-state index contributed by atoms with van der Waals surface area (Å²) in [5.74, 6) is 2.02. The lowest BCUT2D eigenvalue weighted by Gasteiger charge is -2.35. The molecule has 4 aromatic rings. The van der Waals surface area contributed by atoms with Gasteiger partial charge in [-0.15, -0.1) is 11.3 Å². The van der Waals surface area contributed by atoms with Gasteiger partial charge in [0.25, 0.3) is 0 Å². The quantitative estimate of drug-likeness (QED) is 0.507. The lowest BCUT2D eigenvalue weighted by molar-refractivity contribution is -0.00541. The van der Waals surface area contributed by atoms with Crippen LogP contribution in [0.1, 0.15) is 13.8 Å². The number of nitrogens with zero attached hydrogens (tertiary/aromatic N) is 4. The van der Waals surface area contributed by atoms with E-state index in [0.717, 1.165) is 29.3 Å². The minimum Gasteiger partial charge on any atom is -0.430 e. The molecule has 2 atom stereocenters. The number of hydrogen-bond donors (Lipinski definition) is 0. The normalized spacial score (nSPS) is 20.0. The van der Waals surface area contributed by atoms with Gasteiger partial charge in [0.2, 0.25) is 17.1 Å². The zero-order chi connectivity index (χ0) is 19.1. The standard InChI is InChI=1S/C21H20N4O2S/c1-13-11-25(12-14(2)26-13)20-17-19(22-18(23-20)16-9-6-10-28-16)24-21(27-17)15-7-4-3-5-8-15/h3-10,13-14H,11-12H2,1-2H3/t13-,14-/m0/s1. The second-order valence-corrected chi connectivity index (χ2v) is 8.00. The average Bonchev–Trinajstić information content (AvgIpc) is 3.37. The van der Waals surface area contributed by atoms with Gasteiger partial charge in [-0.25, -0.2) is 9.97 Å². The first-order valence-corrected chi connectivity index (χ1v) is 10.2. The molecule has 1 aromatic carbocycles. The third-order valence-electron chi connectivity index (χ3n) is 4.72. The van der Waals surface area contributed by atoms with Crippen molar-refractivity contribution in [1.82, 2.24) is 15.0 Å². The van der Waals surface area contributed by atoms with Gasteiger partial charge in [-0.3, -0.25) is 0 Å². The summed E-state index contributed by atoms with van der Waals surface area (Å²) in [5.41, 5.74) is 2.13. The van der Waals surface area contributed by atoms with Crippen LogP contribution in [-0.2, 0) is 4.74 Å². The first-order chi connectivity index (χ1) is 13.7. The monoisotopic (exact) mass is 392 g/mol. The van der Waals surface area contributed by atoms with Crippen molar-refractivity contribution in [3.05, 3.63) is 47.8 Å². The SMILES string of the molecule is C[C@H]1CN(c2nc(-c3cccs3)nc3nc(-c4ccccc4)oc23)C[C@H](C)O1. The summed E-state index contributed by atoms with van der Waals surface area (Å²) in [4.78, 5) is 17.5. The predicted octanol–water partition coefficient (Wildman–Crippen LogP) is 4.63. The fraction of sp³-hybridized carbons (Fsp3) is 0.286. The number of benzene rings is 1. The smallest absolute Gasteiger partial charge is 0.229 e. The number of morpholine rings is 1. The molecule has 0 spiro atoms. The van der Waals surface area contributed by atoms with Crippen molar-refractivity contribution in [2.24, 2.45) is 0 Å². The highest BCUT2D eigenvalue weighted by Crippen LogP contribution is 2.33. The highest BCUT2D eigenvalue weighted by molar-refractivity contribution is 7.13. The van der Waals surface area contributed by atoms with Crippen molar-refractivity contribution in [3.63, 3.8) is 0 Å². The summed E-state index contributed by atoms with van der Waals surface area (Å²) in [6.07, 6.45) is 0.242. The molecule has 1 aliphatic rings. The van der Waals surface area contributed by atoms with E-state index in [1.165, 1.54) is 0 Å². The van der Waals surface area contributed by atoms with E-state index in [2.05, 4.69) is 23.7 Å². The molecule has 4 heterocycles. The van der Waals surface area contributed by atoms with E-state index < -0.39 is 0 Å². The fourth-order valence-corrected chi connectivity index (χ4v) is 4.25. The molecule has 0 aliphatic carbocycles. The first-order valence-electron chi connectivity index (χ1n) is 9.35. The average molecular weight is 392 g/mol. The molecular formula is C21H20N4O2S. The second kappa shape index (κ2) is 7.00. The Morgan fingerprint density at radius 3 is 2.46 bits per heavy atom. The number of rotatable bonds is 3. The molecule has 142 valence electrons. The Kier molecular flexibility index (Phi) is 4.33. The zero-order valence-corrected chi connectivity index (χ0v) is 16.5. The number of fused-ring (bicyclic) bond motifs is 1. The van der Waals surface area contributed by atoms with Crippen LogP contribution in [0.3, 0.4) is 0 Å². The summed E-state index contributed by atoms with van der Waals surface area (Å²) in [7, 11) is 0. The first kappa shape index (κ1) is 17.3. The number of aromatic nitrogens is 3. The Labute approximate surface area is 166 Å². The minimum absolute atomic E-state index is 0.121. The summed E-state index contributed by atoms with van der Waals surface area (Å²) in [6.45, 7) is 5.66. The van der Waals surface area contributed by atoms with E-state index in [1.54, 1.807) is 11.3 Å². The molecule has 6 nitrogen and oxygen atoms in total. The minimum atomic E-state index is 0.121. The maximum absolute atomic E-state index is 6.17. The third kappa shape index (κ3) is 3.16. The lowest BCUT2D eigenvalue weighted by Crippen LogP contribution is -2.46. The highest BCUT2D eigenvalue weighted by Gasteiger charge is 2.28. The Bertz CT molecular complexity index is 1080.